The summed E-state index contributed by atoms with van der Waals surface area (Å²) in [6.07, 6.45) is -2.40. The van der Waals surface area contributed by atoms with Crippen LogP contribution in [0.3, 0.4) is 0 Å². The predicted octanol–water partition coefficient (Wildman–Crippen LogP) is -1.32. The van der Waals surface area contributed by atoms with E-state index in [-0.39, 0.29) is 0 Å². The number of urea groups is 1. The second-order valence-electron chi connectivity index (χ2n) is 2.58. The molecule has 1 rings (SSSR count). The van der Waals surface area contributed by atoms with Crippen LogP contribution in [0.5, 0.6) is 0 Å². The second kappa shape index (κ2) is 3.09. The summed E-state index contributed by atoms with van der Waals surface area (Å²) < 4.78 is 0.960. The van der Waals surface area contributed by atoms with Crippen molar-refractivity contribution in [3.05, 3.63) is 0 Å². The number of rotatable bonds is 0. The number of nitrogens with zero attached hydrogens (tertiary/aromatic N) is 3. The fourth-order valence-corrected chi connectivity index (χ4v) is 1.23. The van der Waals surface area contributed by atoms with E-state index < -0.39 is 18.7 Å². The summed E-state index contributed by atoms with van der Waals surface area (Å²) in [6, 6.07) is -0.458. The summed E-state index contributed by atoms with van der Waals surface area (Å²) in [6.45, 7) is 0. The van der Waals surface area contributed by atoms with Gasteiger partial charge in [-0.25, -0.2) is 4.79 Å². The van der Waals surface area contributed by atoms with Crippen molar-refractivity contribution in [3.63, 3.8) is 0 Å². The molecule has 2 amide bonds. The smallest absolute Gasteiger partial charge is 0.325 e. The molecule has 0 radical (unpaired) electrons. The Morgan fingerprint density at radius 3 is 1.92 bits per heavy atom. The molecular weight excluding hydrogens is 182 g/mol. The molecule has 0 bridgehead atoms. The molecule has 7 heteroatoms. The highest BCUT2D eigenvalue weighted by Gasteiger charge is 2.38. The maximum Gasteiger partial charge on any atom is 0.325 e. The van der Waals surface area contributed by atoms with Crippen LogP contribution in [-0.4, -0.2) is 57.1 Å². The number of amides is 2. The Labute approximate surface area is 75.5 Å². The molecule has 2 N–H and O–H groups in total. The molecule has 0 aromatic carbocycles. The van der Waals surface area contributed by atoms with Gasteiger partial charge in [0.15, 0.2) is 0 Å². The lowest BCUT2D eigenvalue weighted by atomic mass is 10.5. The molecule has 1 fully saturated rings. The van der Waals surface area contributed by atoms with Gasteiger partial charge >= 0.3 is 6.03 Å². The molecular formula is C5H11N3O3S. The monoisotopic (exact) mass is 193 g/mol. The van der Waals surface area contributed by atoms with Gasteiger partial charge in [0.25, 0.3) is 0 Å². The van der Waals surface area contributed by atoms with E-state index in [2.05, 4.69) is 12.8 Å². The summed E-state index contributed by atoms with van der Waals surface area (Å²) in [4.78, 5) is 13.3. The Morgan fingerprint density at radius 2 is 1.58 bits per heavy atom. The van der Waals surface area contributed by atoms with E-state index in [1.807, 2.05) is 0 Å². The lowest BCUT2D eigenvalue weighted by Gasteiger charge is -2.43. The molecule has 0 spiro atoms. The van der Waals surface area contributed by atoms with Gasteiger partial charge in [-0.1, -0.05) is 12.8 Å². The van der Waals surface area contributed by atoms with Gasteiger partial charge in [0.2, 0.25) is 12.7 Å². The maximum absolute atomic E-state index is 11.2. The summed E-state index contributed by atoms with van der Waals surface area (Å²) in [5.74, 6) is 0. The van der Waals surface area contributed by atoms with Gasteiger partial charge in [0, 0.05) is 14.1 Å². The summed E-state index contributed by atoms with van der Waals surface area (Å²) in [7, 11) is 2.83. The van der Waals surface area contributed by atoms with E-state index in [9.17, 15) is 15.0 Å². The van der Waals surface area contributed by atoms with Crippen LogP contribution in [0.15, 0.2) is 0 Å². The molecule has 1 saturated heterocycles. The molecule has 1 aliphatic rings. The lowest BCUT2D eigenvalue weighted by molar-refractivity contribution is -0.169. The Kier molecular flexibility index (Phi) is 2.47. The first kappa shape index (κ1) is 9.59. The van der Waals surface area contributed by atoms with Crippen LogP contribution in [-0.2, 0) is 0 Å². The van der Waals surface area contributed by atoms with Gasteiger partial charge in [0.05, 0.1) is 0 Å². The van der Waals surface area contributed by atoms with Crippen molar-refractivity contribution in [1.29, 1.82) is 0 Å². The third kappa shape index (κ3) is 1.24. The zero-order valence-electron chi connectivity index (χ0n) is 6.75. The fraction of sp³-hybridized carbons (Fsp3) is 0.800. The SMILES string of the molecule is CN1C(=O)N(C)C(O)N(S)C1O. The predicted molar refractivity (Wildman–Crippen MR) is 43.8 cm³/mol. The Bertz CT molecular complexity index is 184. The second-order valence-corrected chi connectivity index (χ2v) is 3.04. The number of hydrogen-bond acceptors (Lipinski definition) is 5. The van der Waals surface area contributed by atoms with Crippen molar-refractivity contribution in [2.24, 2.45) is 0 Å². The number of aliphatic hydroxyl groups is 2. The van der Waals surface area contributed by atoms with E-state index >= 15 is 0 Å². The highest BCUT2D eigenvalue weighted by atomic mass is 32.1. The number of hydrogen-bond donors (Lipinski definition) is 3. The van der Waals surface area contributed by atoms with Gasteiger partial charge < -0.3 is 10.2 Å². The van der Waals surface area contributed by atoms with Gasteiger partial charge in [0.1, 0.15) is 0 Å². The minimum atomic E-state index is -1.20. The molecule has 0 saturated carbocycles. The van der Waals surface area contributed by atoms with Crippen LogP contribution in [0.4, 0.5) is 4.79 Å². The zero-order chi connectivity index (χ0) is 9.46. The zero-order valence-corrected chi connectivity index (χ0v) is 7.64. The van der Waals surface area contributed by atoms with Crippen molar-refractivity contribution in [1.82, 2.24) is 14.1 Å². The van der Waals surface area contributed by atoms with E-state index in [1.165, 1.54) is 14.1 Å². The molecule has 6 nitrogen and oxygen atoms in total. The van der Waals surface area contributed by atoms with Crippen LogP contribution in [0.2, 0.25) is 0 Å². The third-order valence-corrected chi connectivity index (χ3v) is 2.18. The fourth-order valence-electron chi connectivity index (χ4n) is 0.921. The van der Waals surface area contributed by atoms with Crippen molar-refractivity contribution >= 4 is 18.8 Å². The van der Waals surface area contributed by atoms with Gasteiger partial charge in [-0.15, -0.1) is 0 Å². The first-order valence-electron chi connectivity index (χ1n) is 3.29. The molecule has 0 aromatic heterocycles. The summed E-state index contributed by atoms with van der Waals surface area (Å²) in [5, 5.41) is 18.5. The Balaban J connectivity index is 2.83. The highest BCUT2D eigenvalue weighted by Crippen LogP contribution is 2.18. The molecule has 1 heterocycles. The quantitative estimate of drug-likeness (QED) is 0.418. The van der Waals surface area contributed by atoms with Crippen LogP contribution in [0.25, 0.3) is 0 Å². The first-order chi connectivity index (χ1) is 5.46. The highest BCUT2D eigenvalue weighted by molar-refractivity contribution is 7.77. The third-order valence-electron chi connectivity index (χ3n) is 1.77. The summed E-state index contributed by atoms with van der Waals surface area (Å²) in [5.41, 5.74) is 0. The average Bonchev–Trinajstić information content (AvgIpc) is 2.08. The van der Waals surface area contributed by atoms with Crippen molar-refractivity contribution in [2.75, 3.05) is 14.1 Å². The Morgan fingerprint density at radius 1 is 1.25 bits per heavy atom. The minimum absolute atomic E-state index is 0.458. The summed E-state index contributed by atoms with van der Waals surface area (Å²) >= 11 is 3.81. The minimum Gasteiger partial charge on any atom is -0.360 e. The lowest BCUT2D eigenvalue weighted by Crippen LogP contribution is -2.63. The van der Waals surface area contributed by atoms with Gasteiger partial charge in [-0.3, -0.25) is 9.80 Å². The number of carbonyl (C=O) groups excluding carboxylic acids is 1. The average molecular weight is 193 g/mol. The topological polar surface area (TPSA) is 67.2 Å². The number of carbonyl (C=O) groups is 1. The van der Waals surface area contributed by atoms with Crippen LogP contribution < -0.4 is 0 Å². The van der Waals surface area contributed by atoms with Crippen LogP contribution in [0, 0.1) is 0 Å². The molecule has 0 aliphatic carbocycles. The van der Waals surface area contributed by atoms with Crippen molar-refractivity contribution in [2.45, 2.75) is 12.7 Å². The molecule has 2 atom stereocenters. The largest absolute Gasteiger partial charge is 0.360 e. The number of thiol groups is 1. The van der Waals surface area contributed by atoms with E-state index in [0.29, 0.717) is 0 Å². The molecule has 12 heavy (non-hydrogen) atoms. The molecule has 2 unspecified atom stereocenters. The van der Waals surface area contributed by atoms with Crippen LogP contribution >= 0.6 is 12.8 Å². The van der Waals surface area contributed by atoms with E-state index in [1.54, 1.807) is 0 Å². The molecule has 70 valence electrons. The Hall–Kier alpha value is -0.500. The maximum atomic E-state index is 11.2. The van der Waals surface area contributed by atoms with Crippen LogP contribution in [0.1, 0.15) is 0 Å². The van der Waals surface area contributed by atoms with Crippen molar-refractivity contribution < 1.29 is 15.0 Å². The van der Waals surface area contributed by atoms with Gasteiger partial charge in [-0.2, -0.15) is 4.31 Å². The number of aliphatic hydroxyl groups excluding tert-OH is 2. The van der Waals surface area contributed by atoms with E-state index in [4.69, 9.17) is 0 Å². The molecule has 0 aromatic rings. The first-order valence-corrected chi connectivity index (χ1v) is 3.69. The van der Waals surface area contributed by atoms with Gasteiger partial charge in [-0.05, 0) is 0 Å². The standard InChI is InChI=1S/C5H11N3O3S/c1-6-3(9)7(2)5(11)8(12)4(6)10/h4-5,10-12H,1-2H3. The molecule has 1 aliphatic heterocycles. The normalized spacial score (nSPS) is 32.9. The van der Waals surface area contributed by atoms with E-state index in [0.717, 1.165) is 14.1 Å². The van der Waals surface area contributed by atoms with Crippen molar-refractivity contribution in [3.8, 4) is 0 Å².